The molecule has 1 aliphatic rings. The summed E-state index contributed by atoms with van der Waals surface area (Å²) in [5.74, 6) is 0.568. The molecular weight excluding hydrogens is 349 g/mol. The van der Waals surface area contributed by atoms with Gasteiger partial charge in [-0.3, -0.25) is 0 Å². The zero-order valence-corrected chi connectivity index (χ0v) is 13.3. The second-order valence-electron chi connectivity index (χ2n) is 2.52. The van der Waals surface area contributed by atoms with E-state index in [2.05, 4.69) is 43.9 Å². The summed E-state index contributed by atoms with van der Waals surface area (Å²) in [7, 11) is 20.1. The fourth-order valence-electron chi connectivity index (χ4n) is 0.771. The number of hydrogen-bond acceptors (Lipinski definition) is 1. The summed E-state index contributed by atoms with van der Waals surface area (Å²) >= 11 is 1.000. The number of allylic oxidation sites excluding steroid dienone is 4. The molecule has 0 aromatic carbocycles. The van der Waals surface area contributed by atoms with Crippen LogP contribution in [0.4, 0.5) is 0 Å². The Kier molecular flexibility index (Phi) is 8.23. The van der Waals surface area contributed by atoms with Gasteiger partial charge in [-0.1, -0.05) is 31.2 Å². The molecule has 0 aromatic rings. The summed E-state index contributed by atoms with van der Waals surface area (Å²) in [4.78, 5) is 0. The maximum atomic E-state index is 5.04. The molecule has 0 nitrogen and oxygen atoms in total. The molecule has 1 unspecified atom stereocenters. The molecule has 0 aliphatic heterocycles. The SMILES string of the molecule is CC(S)C1C=CC=C1.[Cl][Zr]([Cl])([Cl])[Cl]. The molecule has 1 aliphatic carbocycles. The van der Waals surface area contributed by atoms with Crippen LogP contribution in [0.15, 0.2) is 24.3 Å². The molecule has 0 amide bonds. The van der Waals surface area contributed by atoms with Gasteiger partial charge in [0, 0.05) is 11.2 Å². The maximum absolute atomic E-state index is 5.04. The van der Waals surface area contributed by atoms with E-state index in [1.165, 1.54) is 0 Å². The topological polar surface area (TPSA) is 0 Å². The van der Waals surface area contributed by atoms with Crippen molar-refractivity contribution in [1.82, 2.24) is 0 Å². The van der Waals surface area contributed by atoms with Crippen molar-refractivity contribution in [3.8, 4) is 0 Å². The normalized spacial score (nSPS) is 18.3. The van der Waals surface area contributed by atoms with Gasteiger partial charge in [-0.2, -0.15) is 12.6 Å². The number of thiol groups is 1. The summed E-state index contributed by atoms with van der Waals surface area (Å²) in [6.45, 7) is 2.10. The van der Waals surface area contributed by atoms with Crippen LogP contribution >= 0.6 is 46.7 Å². The van der Waals surface area contributed by atoms with Crippen LogP contribution in [0.3, 0.4) is 0 Å². The van der Waals surface area contributed by atoms with Crippen molar-refractivity contribution < 1.29 is 15.5 Å². The van der Waals surface area contributed by atoms with E-state index in [1.54, 1.807) is 0 Å². The zero-order valence-electron chi connectivity index (χ0n) is 6.92. The molecule has 0 saturated heterocycles. The molecule has 0 spiro atoms. The minimum absolute atomic E-state index is 0.463. The first kappa shape index (κ1) is 14.9. The quantitative estimate of drug-likeness (QED) is 0.639. The second kappa shape index (κ2) is 7.20. The standard InChI is InChI=1S/C7H10S.4ClH.Zr/c1-6(8)7-4-2-3-5-7;;;;;/h2-8H,1H3;4*1H;/q;;;;;+4/p-4. The van der Waals surface area contributed by atoms with Gasteiger partial charge in [0.25, 0.3) is 0 Å². The first-order valence-corrected chi connectivity index (χ1v) is 16.8. The molecule has 0 heterocycles. The van der Waals surface area contributed by atoms with Gasteiger partial charge < -0.3 is 0 Å². The van der Waals surface area contributed by atoms with Crippen LogP contribution in [-0.2, 0) is 15.5 Å². The molecule has 13 heavy (non-hydrogen) atoms. The number of rotatable bonds is 1. The van der Waals surface area contributed by atoms with Crippen molar-refractivity contribution in [2.24, 2.45) is 5.92 Å². The fourth-order valence-corrected chi connectivity index (χ4v) is 0.969. The van der Waals surface area contributed by atoms with Gasteiger partial charge in [-0.25, -0.2) is 0 Å². The van der Waals surface area contributed by atoms with E-state index in [1.807, 2.05) is 0 Å². The first-order valence-electron chi connectivity index (χ1n) is 3.59. The molecule has 76 valence electrons. The Hall–Kier alpha value is 1.87. The van der Waals surface area contributed by atoms with Crippen LogP contribution in [-0.4, -0.2) is 5.25 Å². The third kappa shape index (κ3) is 11.8. The van der Waals surface area contributed by atoms with Crippen LogP contribution in [0.1, 0.15) is 6.92 Å². The average molecular weight is 359 g/mol. The summed E-state index contributed by atoms with van der Waals surface area (Å²) in [5.41, 5.74) is 0. The average Bonchev–Trinajstić information content (AvgIpc) is 2.31. The van der Waals surface area contributed by atoms with Crippen LogP contribution in [0.2, 0.25) is 0 Å². The Morgan fingerprint density at radius 2 is 1.46 bits per heavy atom. The molecular formula is C7H10Cl4SZr. The van der Waals surface area contributed by atoms with Crippen LogP contribution < -0.4 is 0 Å². The molecule has 0 fully saturated rings. The first-order chi connectivity index (χ1) is 5.80. The van der Waals surface area contributed by atoms with E-state index in [0.717, 1.165) is 0 Å². The van der Waals surface area contributed by atoms with E-state index in [0.29, 0.717) is 11.2 Å². The Morgan fingerprint density at radius 1 is 1.15 bits per heavy atom. The molecule has 6 heteroatoms. The predicted octanol–water partition coefficient (Wildman–Crippen LogP) is 4.80. The van der Waals surface area contributed by atoms with Crippen molar-refractivity contribution in [3.63, 3.8) is 0 Å². The van der Waals surface area contributed by atoms with Gasteiger partial charge in [-0.15, -0.1) is 0 Å². The molecule has 0 aromatic heterocycles. The summed E-state index contributed by atoms with van der Waals surface area (Å²) < 4.78 is 0. The predicted molar refractivity (Wildman–Crippen MR) is 63.6 cm³/mol. The van der Waals surface area contributed by atoms with E-state index in [-0.39, 0.29) is 0 Å². The number of halogens is 4. The summed E-state index contributed by atoms with van der Waals surface area (Å²) in [5, 5.41) is 0.463. The minimum atomic E-state index is -3.29. The van der Waals surface area contributed by atoms with Crippen LogP contribution in [0, 0.1) is 5.92 Å². The fraction of sp³-hybridized carbons (Fsp3) is 0.429. The third-order valence-electron chi connectivity index (χ3n) is 1.33. The van der Waals surface area contributed by atoms with Gasteiger partial charge in [0.1, 0.15) is 0 Å². The monoisotopic (exact) mass is 356 g/mol. The van der Waals surface area contributed by atoms with Crippen molar-refractivity contribution in [2.45, 2.75) is 12.2 Å². The van der Waals surface area contributed by atoms with Gasteiger partial charge in [0.05, 0.1) is 0 Å². The van der Waals surface area contributed by atoms with Crippen molar-refractivity contribution in [3.05, 3.63) is 24.3 Å². The van der Waals surface area contributed by atoms with E-state index in [9.17, 15) is 0 Å². The molecule has 1 atom stereocenters. The van der Waals surface area contributed by atoms with E-state index in [4.69, 9.17) is 34.1 Å². The van der Waals surface area contributed by atoms with Crippen LogP contribution in [0.25, 0.3) is 0 Å². The van der Waals surface area contributed by atoms with Crippen molar-refractivity contribution >= 4 is 46.7 Å². The summed E-state index contributed by atoms with van der Waals surface area (Å²) in [6, 6.07) is 0. The van der Waals surface area contributed by atoms with E-state index < -0.39 is 15.5 Å². The van der Waals surface area contributed by atoms with E-state index >= 15 is 0 Å². The van der Waals surface area contributed by atoms with Crippen molar-refractivity contribution in [1.29, 1.82) is 0 Å². The molecule has 1 rings (SSSR count). The molecule has 0 N–H and O–H groups in total. The van der Waals surface area contributed by atoms with Gasteiger partial charge in [-0.05, 0) is 0 Å². The number of hydrogen-bond donors (Lipinski definition) is 1. The van der Waals surface area contributed by atoms with Crippen molar-refractivity contribution in [2.75, 3.05) is 0 Å². The van der Waals surface area contributed by atoms with Crippen LogP contribution in [0.5, 0.6) is 0 Å². The van der Waals surface area contributed by atoms with Gasteiger partial charge >= 0.3 is 49.5 Å². The van der Waals surface area contributed by atoms with Gasteiger partial charge in [0.15, 0.2) is 0 Å². The second-order valence-corrected chi connectivity index (χ2v) is 25.7. The molecule has 0 radical (unpaired) electrons. The summed E-state index contributed by atoms with van der Waals surface area (Å²) in [6.07, 6.45) is 8.46. The third-order valence-corrected chi connectivity index (χ3v) is 1.68. The van der Waals surface area contributed by atoms with Gasteiger partial charge in [0.2, 0.25) is 0 Å². The Labute approximate surface area is 103 Å². The Morgan fingerprint density at radius 3 is 1.62 bits per heavy atom. The molecule has 0 bridgehead atoms. The molecule has 0 saturated carbocycles. The zero-order chi connectivity index (χ0) is 10.5. The Balaban J connectivity index is 0.000000252. The Bertz CT molecular complexity index is 179.